The minimum absolute atomic E-state index is 0.870. The summed E-state index contributed by atoms with van der Waals surface area (Å²) >= 11 is 0. The van der Waals surface area contributed by atoms with Crippen LogP contribution in [0, 0.1) is 0 Å². The molecule has 0 atom stereocenters. The molecule has 1 aromatic heterocycles. The monoisotopic (exact) mass is 687 g/mol. The van der Waals surface area contributed by atoms with Gasteiger partial charge < -0.3 is 9.32 Å². The van der Waals surface area contributed by atoms with E-state index in [1.165, 1.54) is 59.8 Å². The highest BCUT2D eigenvalue weighted by atomic mass is 16.3. The molecule has 0 amide bonds. The molecule has 0 fully saturated rings. The molecule has 0 spiro atoms. The van der Waals surface area contributed by atoms with Gasteiger partial charge in [0.2, 0.25) is 0 Å². The van der Waals surface area contributed by atoms with Crippen molar-refractivity contribution >= 4 is 82.1 Å². The third-order valence-corrected chi connectivity index (χ3v) is 11.0. The third kappa shape index (κ3) is 4.88. The molecule has 0 aliphatic carbocycles. The van der Waals surface area contributed by atoms with Crippen LogP contribution in [0.4, 0.5) is 17.1 Å². The maximum Gasteiger partial charge on any atom is 0.159 e. The molecule has 11 aromatic rings. The van der Waals surface area contributed by atoms with Crippen LogP contribution in [0.2, 0.25) is 0 Å². The number of nitrogens with zero attached hydrogens (tertiary/aromatic N) is 1. The normalized spacial score (nSPS) is 11.7. The Morgan fingerprint density at radius 1 is 0.315 bits per heavy atom. The van der Waals surface area contributed by atoms with Crippen molar-refractivity contribution in [2.75, 3.05) is 4.90 Å². The van der Waals surface area contributed by atoms with Gasteiger partial charge in [0, 0.05) is 22.1 Å². The van der Waals surface area contributed by atoms with Crippen molar-refractivity contribution in [2.45, 2.75) is 0 Å². The number of hydrogen-bond donors (Lipinski definition) is 0. The molecular weight excluding hydrogens is 655 g/mol. The van der Waals surface area contributed by atoms with E-state index in [9.17, 15) is 0 Å². The van der Waals surface area contributed by atoms with E-state index in [0.717, 1.165) is 44.6 Å². The molecular formula is C52H33NO. The lowest BCUT2D eigenvalue weighted by atomic mass is 9.92. The largest absolute Gasteiger partial charge is 0.454 e. The Morgan fingerprint density at radius 2 is 0.889 bits per heavy atom. The summed E-state index contributed by atoms with van der Waals surface area (Å²) in [4.78, 5) is 2.32. The summed E-state index contributed by atoms with van der Waals surface area (Å²) in [6.07, 6.45) is 0. The van der Waals surface area contributed by atoms with Crippen molar-refractivity contribution in [3.8, 4) is 22.3 Å². The molecule has 0 saturated heterocycles. The smallest absolute Gasteiger partial charge is 0.159 e. The van der Waals surface area contributed by atoms with Gasteiger partial charge in [-0.15, -0.1) is 0 Å². The number of para-hydroxylation sites is 2. The van der Waals surface area contributed by atoms with Gasteiger partial charge in [0.25, 0.3) is 0 Å². The lowest BCUT2D eigenvalue weighted by Gasteiger charge is -2.26. The van der Waals surface area contributed by atoms with Crippen molar-refractivity contribution in [1.82, 2.24) is 0 Å². The average Bonchev–Trinajstić information content (AvgIpc) is 3.63. The van der Waals surface area contributed by atoms with Crippen molar-refractivity contribution in [1.29, 1.82) is 0 Å². The Morgan fingerprint density at radius 3 is 1.70 bits per heavy atom. The minimum atomic E-state index is 0.870. The van der Waals surface area contributed by atoms with Gasteiger partial charge in [-0.05, 0) is 108 Å². The van der Waals surface area contributed by atoms with Crippen LogP contribution >= 0.6 is 0 Å². The maximum atomic E-state index is 6.60. The van der Waals surface area contributed by atoms with Crippen LogP contribution in [-0.2, 0) is 0 Å². The fraction of sp³-hybridized carbons (Fsp3) is 0. The zero-order valence-corrected chi connectivity index (χ0v) is 29.4. The zero-order valence-electron chi connectivity index (χ0n) is 29.4. The van der Waals surface area contributed by atoms with E-state index in [0.29, 0.717) is 0 Å². The second-order valence-electron chi connectivity index (χ2n) is 14.1. The fourth-order valence-corrected chi connectivity index (χ4v) is 8.42. The summed E-state index contributed by atoms with van der Waals surface area (Å²) < 4.78 is 6.60. The molecule has 2 heteroatoms. The van der Waals surface area contributed by atoms with Gasteiger partial charge >= 0.3 is 0 Å². The Labute approximate surface area is 312 Å². The van der Waals surface area contributed by atoms with E-state index in [2.05, 4.69) is 193 Å². The Hall–Kier alpha value is -7.16. The Balaban J connectivity index is 1.05. The summed E-state index contributed by atoms with van der Waals surface area (Å²) in [7, 11) is 0. The lowest BCUT2D eigenvalue weighted by Crippen LogP contribution is -2.10. The number of fused-ring (bicyclic) bond motifs is 10. The van der Waals surface area contributed by atoms with Gasteiger partial charge in [-0.2, -0.15) is 0 Å². The van der Waals surface area contributed by atoms with Gasteiger partial charge in [-0.25, -0.2) is 0 Å². The van der Waals surface area contributed by atoms with Gasteiger partial charge in [0.1, 0.15) is 5.58 Å². The molecule has 0 aliphatic rings. The first-order valence-corrected chi connectivity index (χ1v) is 18.5. The van der Waals surface area contributed by atoms with Crippen LogP contribution in [-0.4, -0.2) is 0 Å². The first kappa shape index (κ1) is 30.5. The van der Waals surface area contributed by atoms with Crippen molar-refractivity contribution in [3.63, 3.8) is 0 Å². The molecule has 1 heterocycles. The first-order valence-electron chi connectivity index (χ1n) is 18.5. The standard InChI is InChI=1S/C52H33NO/c1-2-10-34(11-3-1)39-13-8-14-43(33-39)53(48-18-9-17-47-46-16-6-7-19-49(46)54-52(47)48)42-29-26-35(27-30-42)40-28-31-45-41(32-40)25-24-38-23-22-37-21-20-36-12-4-5-15-44(36)50(37)51(38)45/h1-33H. The topological polar surface area (TPSA) is 16.4 Å². The van der Waals surface area contributed by atoms with Crippen LogP contribution in [0.3, 0.4) is 0 Å². The molecule has 0 bridgehead atoms. The highest BCUT2D eigenvalue weighted by Gasteiger charge is 2.20. The van der Waals surface area contributed by atoms with Crippen molar-refractivity contribution in [3.05, 3.63) is 200 Å². The molecule has 11 rings (SSSR count). The number of furan rings is 1. The summed E-state index contributed by atoms with van der Waals surface area (Å²) in [6, 6.07) is 72.2. The molecule has 0 aliphatic heterocycles. The maximum absolute atomic E-state index is 6.60. The van der Waals surface area contributed by atoms with E-state index in [-0.39, 0.29) is 0 Å². The van der Waals surface area contributed by atoms with Crippen molar-refractivity contribution < 1.29 is 4.42 Å². The van der Waals surface area contributed by atoms with Crippen LogP contribution in [0.25, 0.3) is 87.3 Å². The second kappa shape index (κ2) is 12.2. The van der Waals surface area contributed by atoms with Gasteiger partial charge in [-0.1, -0.05) is 158 Å². The van der Waals surface area contributed by atoms with Crippen LogP contribution in [0.1, 0.15) is 0 Å². The van der Waals surface area contributed by atoms with Crippen LogP contribution in [0.5, 0.6) is 0 Å². The third-order valence-electron chi connectivity index (χ3n) is 11.0. The molecule has 2 nitrogen and oxygen atoms in total. The predicted octanol–water partition coefficient (Wildman–Crippen LogP) is 15.0. The average molecular weight is 688 g/mol. The molecule has 54 heavy (non-hydrogen) atoms. The van der Waals surface area contributed by atoms with Gasteiger partial charge in [-0.3, -0.25) is 0 Å². The van der Waals surface area contributed by atoms with Crippen molar-refractivity contribution in [2.24, 2.45) is 0 Å². The number of rotatable bonds is 5. The number of anilines is 3. The molecule has 10 aromatic carbocycles. The number of hydrogen-bond acceptors (Lipinski definition) is 2. The molecule has 0 N–H and O–H groups in total. The number of benzene rings is 10. The van der Waals surface area contributed by atoms with Crippen LogP contribution < -0.4 is 4.90 Å². The highest BCUT2D eigenvalue weighted by Crippen LogP contribution is 2.44. The van der Waals surface area contributed by atoms with E-state index >= 15 is 0 Å². The van der Waals surface area contributed by atoms with E-state index < -0.39 is 0 Å². The van der Waals surface area contributed by atoms with Gasteiger partial charge in [0.15, 0.2) is 5.58 Å². The Bertz CT molecular complexity index is 3210. The van der Waals surface area contributed by atoms with Gasteiger partial charge in [0.05, 0.1) is 5.69 Å². The molecule has 0 unspecified atom stereocenters. The Kier molecular flexibility index (Phi) is 6.90. The lowest BCUT2D eigenvalue weighted by molar-refractivity contribution is 0.669. The van der Waals surface area contributed by atoms with E-state index in [1.54, 1.807) is 0 Å². The predicted molar refractivity (Wildman–Crippen MR) is 229 cm³/mol. The fourth-order valence-electron chi connectivity index (χ4n) is 8.42. The molecule has 0 radical (unpaired) electrons. The van der Waals surface area contributed by atoms with E-state index in [1.807, 2.05) is 12.1 Å². The van der Waals surface area contributed by atoms with E-state index in [4.69, 9.17) is 4.42 Å². The first-order chi connectivity index (χ1) is 26.8. The SMILES string of the molecule is c1ccc(-c2cccc(N(c3ccc(-c4ccc5c(ccc6ccc7ccc8ccccc8c7c65)c4)cc3)c3cccc4c3oc3ccccc34)c2)cc1. The molecule has 252 valence electrons. The highest BCUT2D eigenvalue weighted by molar-refractivity contribution is 6.27. The minimum Gasteiger partial charge on any atom is -0.454 e. The summed E-state index contributed by atoms with van der Waals surface area (Å²) in [6.45, 7) is 0. The second-order valence-corrected chi connectivity index (χ2v) is 14.1. The quantitative estimate of drug-likeness (QED) is 0.168. The molecule has 0 saturated carbocycles. The summed E-state index contributed by atoms with van der Waals surface area (Å²) in [5, 5.41) is 12.5. The summed E-state index contributed by atoms with van der Waals surface area (Å²) in [5.74, 6) is 0. The van der Waals surface area contributed by atoms with Crippen LogP contribution in [0.15, 0.2) is 205 Å². The summed E-state index contributed by atoms with van der Waals surface area (Å²) in [5.41, 5.74) is 9.58. The zero-order chi connectivity index (χ0) is 35.6.